The maximum atomic E-state index is 12.1. The fourth-order valence-corrected chi connectivity index (χ4v) is 2.16. The van der Waals surface area contributed by atoms with Gasteiger partial charge in [0.15, 0.2) is 0 Å². The number of aliphatic carboxylic acids is 1. The normalized spacial score (nSPS) is 12.3. The van der Waals surface area contributed by atoms with E-state index in [1.54, 1.807) is 26.0 Å². The molecule has 0 heterocycles. The van der Waals surface area contributed by atoms with Crippen LogP contribution in [0.15, 0.2) is 18.2 Å². The largest absolute Gasteiger partial charge is 0.480 e. The predicted molar refractivity (Wildman–Crippen MR) is 77.6 cm³/mol. The van der Waals surface area contributed by atoms with Crippen molar-refractivity contribution in [2.24, 2.45) is 5.92 Å². The first-order valence-electron chi connectivity index (χ1n) is 5.63. The maximum Gasteiger partial charge on any atom is 0.326 e. The lowest BCUT2D eigenvalue weighted by Crippen LogP contribution is -2.44. The van der Waals surface area contributed by atoms with Crippen LogP contribution in [0, 0.1) is 16.4 Å². The first-order valence-corrected chi connectivity index (χ1v) is 6.71. The lowest BCUT2D eigenvalue weighted by atomic mass is 10.0. The molecule has 1 atom stereocenters. The lowest BCUT2D eigenvalue weighted by Gasteiger charge is -2.18. The van der Waals surface area contributed by atoms with Crippen LogP contribution in [0.2, 0.25) is 0 Å². The number of carbonyl (C=O) groups is 2. The standard InChI is InChI=1S/C13H16INO3/c1-7(2)11(13(17)18)15-12(16)9-6-4-5-8(3)10(9)14/h4-7,11H,1-3H3,(H,15,16)(H,17,18)/t11-/m1/s1. The Hall–Kier alpha value is -1.11. The molecule has 0 unspecified atom stereocenters. The van der Waals surface area contributed by atoms with Crippen molar-refractivity contribution in [2.75, 3.05) is 0 Å². The third-order valence-corrected chi connectivity index (χ3v) is 4.09. The number of amides is 1. The number of nitrogens with one attached hydrogen (secondary N) is 1. The maximum absolute atomic E-state index is 12.1. The van der Waals surface area contributed by atoms with Crippen LogP contribution in [0.5, 0.6) is 0 Å². The summed E-state index contributed by atoms with van der Waals surface area (Å²) in [4.78, 5) is 23.1. The van der Waals surface area contributed by atoms with Crippen LogP contribution in [0.4, 0.5) is 0 Å². The van der Waals surface area contributed by atoms with E-state index in [1.165, 1.54) is 0 Å². The van der Waals surface area contributed by atoms with E-state index in [2.05, 4.69) is 27.9 Å². The molecule has 0 saturated carbocycles. The fraction of sp³-hybridized carbons (Fsp3) is 0.385. The van der Waals surface area contributed by atoms with Gasteiger partial charge in [-0.2, -0.15) is 0 Å². The van der Waals surface area contributed by atoms with Gasteiger partial charge in [-0.1, -0.05) is 26.0 Å². The van der Waals surface area contributed by atoms with E-state index in [9.17, 15) is 9.59 Å². The number of carboxylic acids is 1. The molecule has 0 aliphatic rings. The van der Waals surface area contributed by atoms with Crippen LogP contribution in [-0.4, -0.2) is 23.0 Å². The molecular formula is C13H16INO3. The summed E-state index contributed by atoms with van der Waals surface area (Å²) in [6.07, 6.45) is 0. The number of rotatable bonds is 4. The molecule has 1 rings (SSSR count). The van der Waals surface area contributed by atoms with Gasteiger partial charge in [-0.3, -0.25) is 4.79 Å². The first-order chi connectivity index (χ1) is 8.34. The number of aryl methyl sites for hydroxylation is 1. The SMILES string of the molecule is Cc1cccc(C(=O)N[C@@H](C(=O)O)C(C)C)c1I. The fourth-order valence-electron chi connectivity index (χ4n) is 1.56. The number of carboxylic acid groups (broad SMARTS) is 1. The van der Waals surface area contributed by atoms with Gasteiger partial charge in [-0.15, -0.1) is 0 Å². The van der Waals surface area contributed by atoms with E-state index in [-0.39, 0.29) is 11.8 Å². The highest BCUT2D eigenvalue weighted by molar-refractivity contribution is 14.1. The van der Waals surface area contributed by atoms with Gasteiger partial charge in [-0.25, -0.2) is 4.79 Å². The second-order valence-electron chi connectivity index (χ2n) is 4.47. The summed E-state index contributed by atoms with van der Waals surface area (Å²) in [5.41, 5.74) is 1.52. The molecule has 0 aliphatic carbocycles. The van der Waals surface area contributed by atoms with E-state index in [1.807, 2.05) is 13.0 Å². The van der Waals surface area contributed by atoms with E-state index >= 15 is 0 Å². The van der Waals surface area contributed by atoms with E-state index in [0.717, 1.165) is 9.13 Å². The summed E-state index contributed by atoms with van der Waals surface area (Å²) in [7, 11) is 0. The molecular weight excluding hydrogens is 345 g/mol. The Morgan fingerprint density at radius 2 is 1.94 bits per heavy atom. The quantitative estimate of drug-likeness (QED) is 0.810. The molecule has 4 nitrogen and oxygen atoms in total. The summed E-state index contributed by atoms with van der Waals surface area (Å²) >= 11 is 2.09. The van der Waals surface area contributed by atoms with Crippen LogP contribution >= 0.6 is 22.6 Å². The molecule has 0 fully saturated rings. The predicted octanol–water partition coefficient (Wildman–Crippen LogP) is 2.44. The Bertz CT molecular complexity index is 471. The molecule has 0 radical (unpaired) electrons. The monoisotopic (exact) mass is 361 g/mol. The minimum atomic E-state index is -1.01. The number of benzene rings is 1. The van der Waals surface area contributed by atoms with Crippen molar-refractivity contribution in [3.8, 4) is 0 Å². The van der Waals surface area contributed by atoms with E-state index in [4.69, 9.17) is 5.11 Å². The molecule has 1 aromatic rings. The Balaban J connectivity index is 2.94. The highest BCUT2D eigenvalue weighted by Crippen LogP contribution is 2.17. The van der Waals surface area contributed by atoms with Gasteiger partial charge in [0, 0.05) is 3.57 Å². The Morgan fingerprint density at radius 1 is 1.33 bits per heavy atom. The summed E-state index contributed by atoms with van der Waals surface area (Å²) < 4.78 is 0.848. The molecule has 2 N–H and O–H groups in total. The number of hydrogen-bond donors (Lipinski definition) is 2. The Labute approximate surface area is 120 Å². The van der Waals surface area contributed by atoms with Crippen LogP contribution < -0.4 is 5.32 Å². The van der Waals surface area contributed by atoms with Crippen molar-refractivity contribution in [1.82, 2.24) is 5.32 Å². The summed E-state index contributed by atoms with van der Waals surface area (Å²) in [6, 6.07) is 4.53. The smallest absolute Gasteiger partial charge is 0.326 e. The zero-order chi connectivity index (χ0) is 13.9. The van der Waals surface area contributed by atoms with Gasteiger partial charge in [0.2, 0.25) is 0 Å². The van der Waals surface area contributed by atoms with Crippen LogP contribution in [-0.2, 0) is 4.79 Å². The molecule has 98 valence electrons. The van der Waals surface area contributed by atoms with E-state index in [0.29, 0.717) is 5.56 Å². The lowest BCUT2D eigenvalue weighted by molar-refractivity contribution is -0.140. The molecule has 1 aromatic carbocycles. The third-order valence-electron chi connectivity index (χ3n) is 2.66. The van der Waals surface area contributed by atoms with Gasteiger partial charge in [0.05, 0.1) is 5.56 Å². The van der Waals surface area contributed by atoms with Crippen LogP contribution in [0.3, 0.4) is 0 Å². The zero-order valence-electron chi connectivity index (χ0n) is 10.5. The summed E-state index contributed by atoms with van der Waals surface area (Å²) in [6.45, 7) is 5.44. The highest BCUT2D eigenvalue weighted by atomic mass is 127. The average Bonchev–Trinajstić information content (AvgIpc) is 2.28. The van der Waals surface area contributed by atoms with Crippen molar-refractivity contribution >= 4 is 34.5 Å². The van der Waals surface area contributed by atoms with Crippen molar-refractivity contribution in [2.45, 2.75) is 26.8 Å². The zero-order valence-corrected chi connectivity index (χ0v) is 12.7. The molecule has 0 bridgehead atoms. The summed E-state index contributed by atoms with van der Waals surface area (Å²) in [5, 5.41) is 11.6. The molecule has 1 amide bonds. The van der Waals surface area contributed by atoms with Gasteiger partial charge in [0.1, 0.15) is 6.04 Å². The molecule has 0 spiro atoms. The molecule has 0 aliphatic heterocycles. The van der Waals surface area contributed by atoms with Crippen molar-refractivity contribution in [3.63, 3.8) is 0 Å². The van der Waals surface area contributed by atoms with Gasteiger partial charge in [0.25, 0.3) is 5.91 Å². The third kappa shape index (κ3) is 3.44. The second-order valence-corrected chi connectivity index (χ2v) is 5.55. The summed E-state index contributed by atoms with van der Waals surface area (Å²) in [5.74, 6) is -1.51. The highest BCUT2D eigenvalue weighted by Gasteiger charge is 2.24. The second kappa shape index (κ2) is 6.17. The van der Waals surface area contributed by atoms with Gasteiger partial charge < -0.3 is 10.4 Å². The molecule has 0 aromatic heterocycles. The van der Waals surface area contributed by atoms with Crippen LogP contribution in [0.1, 0.15) is 29.8 Å². The van der Waals surface area contributed by atoms with Crippen molar-refractivity contribution in [3.05, 3.63) is 32.9 Å². The minimum Gasteiger partial charge on any atom is -0.480 e. The minimum absolute atomic E-state index is 0.158. The first kappa shape index (κ1) is 14.9. The van der Waals surface area contributed by atoms with Crippen LogP contribution in [0.25, 0.3) is 0 Å². The number of carbonyl (C=O) groups excluding carboxylic acids is 1. The molecule has 18 heavy (non-hydrogen) atoms. The Morgan fingerprint density at radius 3 is 2.44 bits per heavy atom. The number of halogens is 1. The van der Waals surface area contributed by atoms with Gasteiger partial charge >= 0.3 is 5.97 Å². The van der Waals surface area contributed by atoms with Crippen molar-refractivity contribution < 1.29 is 14.7 Å². The number of hydrogen-bond acceptors (Lipinski definition) is 2. The average molecular weight is 361 g/mol. The molecule has 5 heteroatoms. The Kier molecular flexibility index (Phi) is 5.13. The molecule has 0 saturated heterocycles. The van der Waals surface area contributed by atoms with Gasteiger partial charge in [-0.05, 0) is 47.1 Å². The topological polar surface area (TPSA) is 66.4 Å². The van der Waals surface area contributed by atoms with Crippen molar-refractivity contribution in [1.29, 1.82) is 0 Å². The van der Waals surface area contributed by atoms with E-state index < -0.39 is 12.0 Å².